The first-order valence-corrected chi connectivity index (χ1v) is 5.48. The summed E-state index contributed by atoms with van der Waals surface area (Å²) in [6, 6.07) is 6.61. The van der Waals surface area contributed by atoms with Crippen molar-refractivity contribution < 1.29 is 13.6 Å². The van der Waals surface area contributed by atoms with Crippen LogP contribution in [0, 0.1) is 0 Å². The third-order valence-electron chi connectivity index (χ3n) is 2.41. The van der Waals surface area contributed by atoms with Gasteiger partial charge in [-0.05, 0) is 24.3 Å². The van der Waals surface area contributed by atoms with E-state index in [9.17, 15) is 13.6 Å². The Morgan fingerprint density at radius 1 is 1.35 bits per heavy atom. The summed E-state index contributed by atoms with van der Waals surface area (Å²) in [5.41, 5.74) is 0.603. The molecule has 1 heterocycles. The first-order valence-electron chi connectivity index (χ1n) is 5.10. The molecular weight excluding hydrogens is 250 g/mol. The first kappa shape index (κ1) is 12.3. The van der Waals surface area contributed by atoms with Crippen LogP contribution in [-0.2, 0) is 4.79 Å². The number of amides is 1. The number of nitrogens with one attached hydrogen (secondary N) is 1. The monoisotopic (exact) mass is 260 g/mol. The molecule has 17 heavy (non-hydrogen) atoms. The Balaban J connectivity index is 1.80. The van der Waals surface area contributed by atoms with E-state index in [1.807, 2.05) is 0 Å². The Hall–Kier alpha value is -1.20. The fourth-order valence-corrected chi connectivity index (χ4v) is 1.78. The summed E-state index contributed by atoms with van der Waals surface area (Å²) in [6.45, 7) is -0.708. The molecular formula is C11H11ClF2N2O. The van der Waals surface area contributed by atoms with E-state index in [4.69, 9.17) is 11.6 Å². The third-order valence-corrected chi connectivity index (χ3v) is 2.66. The van der Waals surface area contributed by atoms with Crippen LogP contribution in [0.25, 0.3) is 0 Å². The standard InChI is InChI=1S/C11H11ClF2N2O/c12-8-1-3-9(4-2-8)15-10(17)5-16-6-11(13,14)7-16/h1-4H,5-7H2,(H,15,17). The van der Waals surface area contributed by atoms with E-state index in [1.54, 1.807) is 24.3 Å². The number of rotatable bonds is 3. The Morgan fingerprint density at radius 2 is 1.94 bits per heavy atom. The van der Waals surface area contributed by atoms with Gasteiger partial charge in [0.05, 0.1) is 19.6 Å². The molecule has 0 bridgehead atoms. The molecule has 1 amide bonds. The fraction of sp³-hybridized carbons (Fsp3) is 0.364. The SMILES string of the molecule is O=C(CN1CC(F)(F)C1)Nc1ccc(Cl)cc1. The second-order valence-electron chi connectivity index (χ2n) is 4.06. The van der Waals surface area contributed by atoms with Crippen molar-refractivity contribution in [2.45, 2.75) is 5.92 Å². The zero-order valence-corrected chi connectivity index (χ0v) is 9.68. The first-order chi connectivity index (χ1) is 7.94. The van der Waals surface area contributed by atoms with E-state index < -0.39 is 5.92 Å². The van der Waals surface area contributed by atoms with Gasteiger partial charge in [-0.3, -0.25) is 9.69 Å². The molecule has 2 rings (SSSR count). The Bertz CT molecular complexity index is 414. The number of anilines is 1. The fourth-order valence-electron chi connectivity index (χ4n) is 1.66. The van der Waals surface area contributed by atoms with Crippen LogP contribution in [-0.4, -0.2) is 36.4 Å². The van der Waals surface area contributed by atoms with Crippen molar-refractivity contribution in [3.05, 3.63) is 29.3 Å². The van der Waals surface area contributed by atoms with Gasteiger partial charge in [-0.25, -0.2) is 8.78 Å². The summed E-state index contributed by atoms with van der Waals surface area (Å²) < 4.78 is 25.0. The van der Waals surface area contributed by atoms with Crippen LogP contribution >= 0.6 is 11.6 Å². The molecule has 1 aliphatic heterocycles. The van der Waals surface area contributed by atoms with Gasteiger partial charge < -0.3 is 5.32 Å². The van der Waals surface area contributed by atoms with Crippen LogP contribution in [0.3, 0.4) is 0 Å². The quantitative estimate of drug-likeness (QED) is 0.904. The van der Waals surface area contributed by atoms with Gasteiger partial charge in [0.25, 0.3) is 5.92 Å². The van der Waals surface area contributed by atoms with Crippen molar-refractivity contribution in [3.8, 4) is 0 Å². The maximum absolute atomic E-state index is 12.5. The molecule has 1 aromatic rings. The Kier molecular flexibility index (Phi) is 3.31. The van der Waals surface area contributed by atoms with Gasteiger partial charge >= 0.3 is 0 Å². The normalized spacial score (nSPS) is 18.5. The molecule has 1 saturated heterocycles. The summed E-state index contributed by atoms with van der Waals surface area (Å²) in [7, 11) is 0. The maximum Gasteiger partial charge on any atom is 0.272 e. The van der Waals surface area contributed by atoms with Crippen LogP contribution in [0.4, 0.5) is 14.5 Å². The average Bonchev–Trinajstić information content (AvgIpc) is 2.18. The number of nitrogens with zero attached hydrogens (tertiary/aromatic N) is 1. The molecule has 1 aliphatic rings. The molecule has 0 unspecified atom stereocenters. The van der Waals surface area contributed by atoms with Gasteiger partial charge in [-0.1, -0.05) is 11.6 Å². The van der Waals surface area contributed by atoms with Crippen molar-refractivity contribution in [2.75, 3.05) is 25.0 Å². The molecule has 1 N–H and O–H groups in total. The Labute approximate surface area is 102 Å². The lowest BCUT2D eigenvalue weighted by Crippen LogP contribution is -2.57. The number of likely N-dealkylation sites (tertiary alicyclic amines) is 1. The summed E-state index contributed by atoms with van der Waals surface area (Å²) in [5.74, 6) is -2.94. The molecule has 1 aromatic carbocycles. The van der Waals surface area contributed by atoms with Gasteiger partial charge in [0.15, 0.2) is 0 Å². The molecule has 0 aliphatic carbocycles. The number of alkyl halides is 2. The van der Waals surface area contributed by atoms with Crippen LogP contribution in [0.2, 0.25) is 5.02 Å². The highest BCUT2D eigenvalue weighted by atomic mass is 35.5. The average molecular weight is 261 g/mol. The van der Waals surface area contributed by atoms with E-state index >= 15 is 0 Å². The van der Waals surface area contributed by atoms with Gasteiger partial charge in [0.2, 0.25) is 5.91 Å². The minimum Gasteiger partial charge on any atom is -0.325 e. The number of benzene rings is 1. The molecule has 1 fully saturated rings. The predicted molar refractivity (Wildman–Crippen MR) is 61.5 cm³/mol. The van der Waals surface area contributed by atoms with E-state index in [-0.39, 0.29) is 25.5 Å². The molecule has 3 nitrogen and oxygen atoms in total. The second kappa shape index (κ2) is 4.58. The molecule has 92 valence electrons. The van der Waals surface area contributed by atoms with Crippen LogP contribution in [0.15, 0.2) is 24.3 Å². The molecule has 0 atom stereocenters. The lowest BCUT2D eigenvalue weighted by atomic mass is 10.1. The van der Waals surface area contributed by atoms with Crippen LogP contribution in [0.5, 0.6) is 0 Å². The van der Waals surface area contributed by atoms with Gasteiger partial charge in [-0.2, -0.15) is 0 Å². The van der Waals surface area contributed by atoms with Crippen LogP contribution < -0.4 is 5.32 Å². The molecule has 0 spiro atoms. The number of carbonyl (C=O) groups excluding carboxylic acids is 1. The zero-order chi connectivity index (χ0) is 12.5. The van der Waals surface area contributed by atoms with E-state index in [1.165, 1.54) is 4.90 Å². The molecule has 0 saturated carbocycles. The molecule has 6 heteroatoms. The lowest BCUT2D eigenvalue weighted by Gasteiger charge is -2.37. The lowest BCUT2D eigenvalue weighted by molar-refractivity contribution is -0.141. The minimum atomic E-state index is -2.64. The summed E-state index contributed by atoms with van der Waals surface area (Å²) in [6.07, 6.45) is 0. The number of carbonyl (C=O) groups is 1. The van der Waals surface area contributed by atoms with Gasteiger partial charge in [0, 0.05) is 10.7 Å². The van der Waals surface area contributed by atoms with Gasteiger partial charge in [-0.15, -0.1) is 0 Å². The summed E-state index contributed by atoms with van der Waals surface area (Å²) in [4.78, 5) is 12.9. The van der Waals surface area contributed by atoms with E-state index in [2.05, 4.69) is 5.32 Å². The predicted octanol–water partition coefficient (Wildman–Crippen LogP) is 2.23. The van der Waals surface area contributed by atoms with Crippen molar-refractivity contribution in [2.24, 2.45) is 0 Å². The largest absolute Gasteiger partial charge is 0.325 e. The van der Waals surface area contributed by atoms with Crippen molar-refractivity contribution >= 4 is 23.2 Å². The highest BCUT2D eigenvalue weighted by Gasteiger charge is 2.44. The topological polar surface area (TPSA) is 32.3 Å². The van der Waals surface area contributed by atoms with Crippen molar-refractivity contribution in [1.82, 2.24) is 4.90 Å². The number of hydrogen-bond donors (Lipinski definition) is 1. The van der Waals surface area contributed by atoms with E-state index in [0.29, 0.717) is 10.7 Å². The minimum absolute atomic E-state index is 0.0157. The maximum atomic E-state index is 12.5. The highest BCUT2D eigenvalue weighted by Crippen LogP contribution is 2.26. The van der Waals surface area contributed by atoms with Crippen LogP contribution in [0.1, 0.15) is 0 Å². The zero-order valence-electron chi connectivity index (χ0n) is 8.92. The highest BCUT2D eigenvalue weighted by molar-refractivity contribution is 6.30. The molecule has 0 radical (unpaired) electrons. The third kappa shape index (κ3) is 3.38. The summed E-state index contributed by atoms with van der Waals surface area (Å²) >= 11 is 5.69. The summed E-state index contributed by atoms with van der Waals surface area (Å²) in [5, 5.41) is 3.19. The second-order valence-corrected chi connectivity index (χ2v) is 4.49. The van der Waals surface area contributed by atoms with Crippen molar-refractivity contribution in [3.63, 3.8) is 0 Å². The smallest absolute Gasteiger partial charge is 0.272 e. The Morgan fingerprint density at radius 3 is 2.47 bits per heavy atom. The van der Waals surface area contributed by atoms with Gasteiger partial charge in [0.1, 0.15) is 0 Å². The number of halogens is 3. The van der Waals surface area contributed by atoms with E-state index in [0.717, 1.165) is 0 Å². The number of hydrogen-bond acceptors (Lipinski definition) is 2. The van der Waals surface area contributed by atoms with Crippen molar-refractivity contribution in [1.29, 1.82) is 0 Å². The molecule has 0 aromatic heterocycles.